The van der Waals surface area contributed by atoms with Crippen molar-refractivity contribution in [2.45, 2.75) is 32.1 Å². The molecule has 0 fully saturated rings. The first-order valence-electron chi connectivity index (χ1n) is 6.55. The van der Waals surface area contributed by atoms with Gasteiger partial charge in [-0.15, -0.1) is 11.8 Å². The predicted octanol–water partition coefficient (Wildman–Crippen LogP) is 3.33. The summed E-state index contributed by atoms with van der Waals surface area (Å²) in [7, 11) is 0. The zero-order chi connectivity index (χ0) is 14.5. The molecule has 0 bridgehead atoms. The number of hydrogen-bond acceptors (Lipinski definition) is 4. The molecule has 4 nitrogen and oxygen atoms in total. The molecule has 1 amide bonds. The van der Waals surface area contributed by atoms with Crippen molar-refractivity contribution >= 4 is 33.6 Å². The summed E-state index contributed by atoms with van der Waals surface area (Å²) in [5, 5.41) is 2.96. The summed E-state index contributed by atoms with van der Waals surface area (Å²) in [4.78, 5) is 11.7. The summed E-state index contributed by atoms with van der Waals surface area (Å²) in [6, 6.07) is 4.11. The number of fused-ring (bicyclic) bond motifs is 1. The molecule has 1 aromatic carbocycles. The third-order valence-corrected chi connectivity index (χ3v) is 4.77. The number of thioether (sulfide) groups is 1. The van der Waals surface area contributed by atoms with Crippen LogP contribution in [-0.4, -0.2) is 24.5 Å². The second-order valence-electron chi connectivity index (χ2n) is 4.67. The van der Waals surface area contributed by atoms with E-state index in [4.69, 9.17) is 9.47 Å². The van der Waals surface area contributed by atoms with Crippen LogP contribution in [0.5, 0.6) is 11.5 Å². The Bertz CT molecular complexity index is 496. The molecular weight excluding hydrogens is 342 g/mol. The lowest BCUT2D eigenvalue weighted by Gasteiger charge is -2.11. The Balaban J connectivity index is 1.84. The van der Waals surface area contributed by atoms with Crippen LogP contribution >= 0.6 is 27.7 Å². The molecule has 0 aromatic heterocycles. The number of halogens is 1. The number of amides is 1. The number of ether oxygens (including phenoxy) is 2. The van der Waals surface area contributed by atoms with Gasteiger partial charge in [-0.25, -0.2) is 0 Å². The predicted molar refractivity (Wildman–Crippen MR) is 84.3 cm³/mol. The standard InChI is InChI=1S/C14H18BrNO3S/c1-3-9(2)16-14(17)7-20-6-10-4-12-13(5-11(10)15)19-8-18-12/h4-5,9H,3,6-8H2,1-2H3,(H,16,17)/t9-/m0/s1. The molecule has 2 rings (SSSR count). The summed E-state index contributed by atoms with van der Waals surface area (Å²) in [6.45, 7) is 4.34. The van der Waals surface area contributed by atoms with E-state index in [1.165, 1.54) is 0 Å². The van der Waals surface area contributed by atoms with Crippen LogP contribution in [0.1, 0.15) is 25.8 Å². The fourth-order valence-corrected chi connectivity index (χ4v) is 3.22. The summed E-state index contributed by atoms with van der Waals surface area (Å²) in [5.41, 5.74) is 1.11. The van der Waals surface area contributed by atoms with Crippen LogP contribution in [0.25, 0.3) is 0 Å². The first kappa shape index (κ1) is 15.5. The lowest BCUT2D eigenvalue weighted by molar-refractivity contribution is -0.119. The minimum atomic E-state index is 0.0845. The van der Waals surface area contributed by atoms with E-state index in [9.17, 15) is 4.79 Å². The maximum atomic E-state index is 11.7. The van der Waals surface area contributed by atoms with E-state index in [2.05, 4.69) is 28.2 Å². The van der Waals surface area contributed by atoms with Crippen LogP contribution in [0.4, 0.5) is 0 Å². The summed E-state index contributed by atoms with van der Waals surface area (Å²) in [5.74, 6) is 2.84. The van der Waals surface area contributed by atoms with Gasteiger partial charge in [0.05, 0.1) is 5.75 Å². The molecule has 1 aliphatic heterocycles. The highest BCUT2D eigenvalue weighted by atomic mass is 79.9. The highest BCUT2D eigenvalue weighted by molar-refractivity contribution is 9.10. The molecule has 0 spiro atoms. The van der Waals surface area contributed by atoms with Gasteiger partial charge in [0.2, 0.25) is 12.7 Å². The van der Waals surface area contributed by atoms with Crippen molar-refractivity contribution in [2.75, 3.05) is 12.5 Å². The Labute approximate surface area is 131 Å². The second kappa shape index (κ2) is 7.22. The Kier molecular flexibility index (Phi) is 5.60. The molecule has 1 aromatic rings. The molecule has 0 saturated carbocycles. The number of rotatable bonds is 6. The van der Waals surface area contributed by atoms with Crippen LogP contribution in [-0.2, 0) is 10.5 Å². The fourth-order valence-electron chi connectivity index (χ4n) is 1.74. The van der Waals surface area contributed by atoms with E-state index >= 15 is 0 Å². The summed E-state index contributed by atoms with van der Waals surface area (Å²) in [6.07, 6.45) is 0.949. The van der Waals surface area contributed by atoms with Crippen molar-refractivity contribution in [3.8, 4) is 11.5 Å². The van der Waals surface area contributed by atoms with E-state index in [1.54, 1.807) is 11.8 Å². The Morgan fingerprint density at radius 3 is 2.85 bits per heavy atom. The van der Waals surface area contributed by atoms with Crippen molar-refractivity contribution in [3.05, 3.63) is 22.2 Å². The summed E-state index contributed by atoms with van der Waals surface area (Å²) < 4.78 is 11.6. The first-order valence-corrected chi connectivity index (χ1v) is 8.50. The van der Waals surface area contributed by atoms with Crippen molar-refractivity contribution in [1.29, 1.82) is 0 Å². The van der Waals surface area contributed by atoms with E-state index in [-0.39, 0.29) is 18.7 Å². The van der Waals surface area contributed by atoms with Gasteiger partial charge in [0, 0.05) is 16.3 Å². The van der Waals surface area contributed by atoms with E-state index < -0.39 is 0 Å². The van der Waals surface area contributed by atoms with Crippen LogP contribution < -0.4 is 14.8 Å². The van der Waals surface area contributed by atoms with E-state index in [0.29, 0.717) is 5.75 Å². The molecule has 0 saturated heterocycles. The van der Waals surface area contributed by atoms with Crippen molar-refractivity contribution in [1.82, 2.24) is 5.32 Å². The van der Waals surface area contributed by atoms with Gasteiger partial charge in [-0.1, -0.05) is 22.9 Å². The van der Waals surface area contributed by atoms with Gasteiger partial charge in [0.1, 0.15) is 0 Å². The first-order chi connectivity index (χ1) is 9.60. The molecule has 1 heterocycles. The molecule has 0 unspecified atom stereocenters. The average molecular weight is 360 g/mol. The largest absolute Gasteiger partial charge is 0.454 e. The zero-order valence-corrected chi connectivity index (χ0v) is 14.0. The average Bonchev–Trinajstić information content (AvgIpc) is 2.85. The number of nitrogens with one attached hydrogen (secondary N) is 1. The smallest absolute Gasteiger partial charge is 0.231 e. The van der Waals surface area contributed by atoms with Gasteiger partial charge in [0.25, 0.3) is 0 Å². The van der Waals surface area contributed by atoms with E-state index in [0.717, 1.165) is 33.7 Å². The molecule has 0 aliphatic carbocycles. The number of carbonyl (C=O) groups excluding carboxylic acids is 1. The second-order valence-corrected chi connectivity index (χ2v) is 6.51. The summed E-state index contributed by atoms with van der Waals surface area (Å²) >= 11 is 5.11. The maximum Gasteiger partial charge on any atom is 0.231 e. The van der Waals surface area contributed by atoms with Gasteiger partial charge in [0.15, 0.2) is 11.5 Å². The highest BCUT2D eigenvalue weighted by Crippen LogP contribution is 2.38. The third kappa shape index (κ3) is 4.06. The number of carbonyl (C=O) groups is 1. The van der Waals surface area contributed by atoms with Crippen molar-refractivity contribution < 1.29 is 14.3 Å². The lowest BCUT2D eigenvalue weighted by Crippen LogP contribution is -2.33. The molecule has 0 radical (unpaired) electrons. The maximum absolute atomic E-state index is 11.7. The SMILES string of the molecule is CC[C@H](C)NC(=O)CSCc1cc2c(cc1Br)OCO2. The minimum Gasteiger partial charge on any atom is -0.454 e. The monoisotopic (exact) mass is 359 g/mol. The van der Waals surface area contributed by atoms with Gasteiger partial charge in [-0.05, 0) is 31.0 Å². The normalized spacial score (nSPS) is 14.2. The topological polar surface area (TPSA) is 47.6 Å². The third-order valence-electron chi connectivity index (χ3n) is 3.05. The molecule has 1 N–H and O–H groups in total. The molecule has 1 atom stereocenters. The van der Waals surface area contributed by atoms with Gasteiger partial charge < -0.3 is 14.8 Å². The van der Waals surface area contributed by atoms with Crippen LogP contribution in [0.15, 0.2) is 16.6 Å². The fraction of sp³-hybridized carbons (Fsp3) is 0.500. The van der Waals surface area contributed by atoms with Crippen LogP contribution in [0, 0.1) is 0 Å². The Morgan fingerprint density at radius 2 is 2.15 bits per heavy atom. The zero-order valence-electron chi connectivity index (χ0n) is 11.6. The number of hydrogen-bond donors (Lipinski definition) is 1. The number of benzene rings is 1. The van der Waals surface area contributed by atoms with E-state index in [1.807, 2.05) is 19.1 Å². The van der Waals surface area contributed by atoms with Crippen LogP contribution in [0.2, 0.25) is 0 Å². The molecule has 6 heteroatoms. The lowest BCUT2D eigenvalue weighted by atomic mass is 10.2. The molecule has 110 valence electrons. The van der Waals surface area contributed by atoms with Crippen molar-refractivity contribution in [3.63, 3.8) is 0 Å². The Morgan fingerprint density at radius 1 is 1.45 bits per heavy atom. The Hall–Kier alpha value is -0.880. The van der Waals surface area contributed by atoms with Crippen LogP contribution in [0.3, 0.4) is 0 Å². The van der Waals surface area contributed by atoms with Crippen molar-refractivity contribution in [2.24, 2.45) is 0 Å². The molecular formula is C14H18BrNO3S. The van der Waals surface area contributed by atoms with Gasteiger partial charge >= 0.3 is 0 Å². The van der Waals surface area contributed by atoms with Gasteiger partial charge in [-0.2, -0.15) is 0 Å². The molecule has 1 aliphatic rings. The molecule has 20 heavy (non-hydrogen) atoms. The quantitative estimate of drug-likeness (QED) is 0.846. The minimum absolute atomic E-state index is 0.0845. The highest BCUT2D eigenvalue weighted by Gasteiger charge is 2.16. The van der Waals surface area contributed by atoms with Gasteiger partial charge in [-0.3, -0.25) is 4.79 Å².